The maximum absolute atomic E-state index is 10.3. The molecule has 0 aromatic rings. The summed E-state index contributed by atoms with van der Waals surface area (Å²) in [6.45, 7) is 8.01. The summed E-state index contributed by atoms with van der Waals surface area (Å²) in [6.07, 6.45) is 4.56. The molecule has 0 saturated heterocycles. The number of aliphatic carboxylic acids is 1. The van der Waals surface area contributed by atoms with Crippen molar-refractivity contribution in [3.63, 3.8) is 0 Å². The lowest BCUT2D eigenvalue weighted by Crippen LogP contribution is -2.22. The molecule has 0 radical (unpaired) electrons. The van der Waals surface area contributed by atoms with Crippen molar-refractivity contribution >= 4 is 23.6 Å². The summed E-state index contributed by atoms with van der Waals surface area (Å²) >= 11 is 0. The van der Waals surface area contributed by atoms with Gasteiger partial charge in [0, 0.05) is 39.6 Å². The minimum absolute atomic E-state index is 0.0622. The van der Waals surface area contributed by atoms with Gasteiger partial charge in [-0.25, -0.2) is 0 Å². The van der Waals surface area contributed by atoms with Crippen LogP contribution in [0.2, 0.25) is 0 Å². The van der Waals surface area contributed by atoms with Crippen molar-refractivity contribution in [3.05, 3.63) is 0 Å². The zero-order chi connectivity index (χ0) is 17.4. The Labute approximate surface area is 132 Å². The first-order valence-electron chi connectivity index (χ1n) is 7.33. The summed E-state index contributed by atoms with van der Waals surface area (Å²) in [4.78, 5) is 33.8. The van der Waals surface area contributed by atoms with Crippen LogP contribution in [-0.2, 0) is 19.1 Å². The van der Waals surface area contributed by atoms with E-state index in [9.17, 15) is 9.59 Å². The molecule has 0 aromatic heterocycles. The van der Waals surface area contributed by atoms with E-state index in [4.69, 9.17) is 9.90 Å². The van der Waals surface area contributed by atoms with E-state index in [0.29, 0.717) is 19.6 Å². The zero-order valence-electron chi connectivity index (χ0n) is 14.0. The Balaban J connectivity index is 0. The Morgan fingerprint density at radius 3 is 2.14 bits per heavy atom. The molecule has 1 amide bonds. The van der Waals surface area contributed by atoms with Crippen molar-refractivity contribution in [2.75, 3.05) is 19.7 Å². The largest absolute Gasteiger partial charge is 0.481 e. The SMILES string of the molecule is CC(=O)NCCCOC(C)=O.CC(=O)O.CC1=NCCCC1. The minimum atomic E-state index is -0.833. The van der Waals surface area contributed by atoms with Crippen LogP contribution in [0.25, 0.3) is 0 Å². The summed E-state index contributed by atoms with van der Waals surface area (Å²) in [5, 5.41) is 10.0. The fourth-order valence-electron chi connectivity index (χ4n) is 1.39. The van der Waals surface area contributed by atoms with Gasteiger partial charge >= 0.3 is 5.97 Å². The molecule has 128 valence electrons. The normalized spacial score (nSPS) is 12.5. The summed E-state index contributed by atoms with van der Waals surface area (Å²) in [7, 11) is 0. The molecular formula is C15H28N2O5. The number of rotatable bonds is 4. The standard InChI is InChI=1S/C7H13NO3.C6H11N.C2H4O2/c1-6(9)8-4-3-5-11-7(2)10;1-6-4-2-3-5-7-6;1-2(3)4/h3-5H2,1-2H3,(H,8,9);2-5H2,1H3;1H3,(H,3,4). The van der Waals surface area contributed by atoms with Crippen LogP contribution in [0.4, 0.5) is 0 Å². The highest BCUT2D eigenvalue weighted by molar-refractivity contribution is 5.82. The third-order valence-corrected chi connectivity index (χ3v) is 2.33. The summed E-state index contributed by atoms with van der Waals surface area (Å²) < 4.78 is 4.63. The molecule has 0 unspecified atom stereocenters. The number of carbonyl (C=O) groups is 3. The Morgan fingerprint density at radius 1 is 1.23 bits per heavy atom. The zero-order valence-corrected chi connectivity index (χ0v) is 14.0. The van der Waals surface area contributed by atoms with E-state index in [1.54, 1.807) is 0 Å². The second-order valence-corrected chi connectivity index (χ2v) is 4.77. The van der Waals surface area contributed by atoms with Crippen LogP contribution in [0.5, 0.6) is 0 Å². The molecule has 7 nitrogen and oxygen atoms in total. The third-order valence-electron chi connectivity index (χ3n) is 2.33. The maximum atomic E-state index is 10.3. The average Bonchev–Trinajstić information content (AvgIpc) is 2.38. The van der Waals surface area contributed by atoms with Gasteiger partial charge in [-0.1, -0.05) is 0 Å². The number of carboxylic acid groups (broad SMARTS) is 1. The van der Waals surface area contributed by atoms with E-state index >= 15 is 0 Å². The van der Waals surface area contributed by atoms with Crippen LogP contribution in [0.1, 0.15) is 53.4 Å². The fourth-order valence-corrected chi connectivity index (χ4v) is 1.39. The third kappa shape index (κ3) is 26.6. The molecule has 0 saturated carbocycles. The number of nitrogens with zero attached hydrogens (tertiary/aromatic N) is 1. The van der Waals surface area contributed by atoms with Crippen molar-refractivity contribution in [3.8, 4) is 0 Å². The first-order valence-corrected chi connectivity index (χ1v) is 7.33. The minimum Gasteiger partial charge on any atom is -0.481 e. The van der Waals surface area contributed by atoms with E-state index in [2.05, 4.69) is 22.0 Å². The molecule has 0 fully saturated rings. The lowest BCUT2D eigenvalue weighted by atomic mass is 10.1. The summed E-state index contributed by atoms with van der Waals surface area (Å²) in [5.74, 6) is -1.18. The molecule has 0 aliphatic carbocycles. The fraction of sp³-hybridized carbons (Fsp3) is 0.733. The Morgan fingerprint density at radius 2 is 1.82 bits per heavy atom. The topological polar surface area (TPSA) is 105 Å². The number of hydrogen-bond donors (Lipinski definition) is 2. The first-order chi connectivity index (χ1) is 10.3. The van der Waals surface area contributed by atoms with Gasteiger partial charge in [-0.3, -0.25) is 19.4 Å². The van der Waals surface area contributed by atoms with Crippen molar-refractivity contribution < 1.29 is 24.2 Å². The molecule has 2 N–H and O–H groups in total. The van der Waals surface area contributed by atoms with Gasteiger partial charge in [-0.2, -0.15) is 0 Å². The van der Waals surface area contributed by atoms with E-state index < -0.39 is 5.97 Å². The second-order valence-electron chi connectivity index (χ2n) is 4.77. The van der Waals surface area contributed by atoms with Crippen LogP contribution < -0.4 is 5.32 Å². The quantitative estimate of drug-likeness (QED) is 0.608. The predicted molar refractivity (Wildman–Crippen MR) is 85.1 cm³/mol. The van der Waals surface area contributed by atoms with Gasteiger partial charge in [0.15, 0.2) is 0 Å². The van der Waals surface area contributed by atoms with E-state index in [0.717, 1.165) is 13.5 Å². The van der Waals surface area contributed by atoms with Gasteiger partial charge in [-0.15, -0.1) is 0 Å². The Kier molecular flexibility index (Phi) is 15.7. The van der Waals surface area contributed by atoms with Crippen molar-refractivity contribution in [1.29, 1.82) is 0 Å². The Hall–Kier alpha value is -1.92. The number of ether oxygens (including phenoxy) is 1. The number of carboxylic acids is 1. The lowest BCUT2D eigenvalue weighted by molar-refractivity contribution is -0.141. The van der Waals surface area contributed by atoms with Gasteiger partial charge in [-0.05, 0) is 32.6 Å². The molecule has 22 heavy (non-hydrogen) atoms. The Bertz CT molecular complexity index is 347. The molecule has 0 atom stereocenters. The number of esters is 1. The number of amides is 1. The number of carbonyl (C=O) groups excluding carboxylic acids is 2. The summed E-state index contributed by atoms with van der Waals surface area (Å²) in [5.41, 5.74) is 1.34. The molecular weight excluding hydrogens is 288 g/mol. The molecule has 1 heterocycles. The van der Waals surface area contributed by atoms with E-state index in [-0.39, 0.29) is 11.9 Å². The smallest absolute Gasteiger partial charge is 0.302 e. The number of aliphatic imine (C=N–C) groups is 1. The molecule has 1 aliphatic heterocycles. The van der Waals surface area contributed by atoms with Gasteiger partial charge in [0.1, 0.15) is 0 Å². The molecule has 0 aromatic carbocycles. The maximum Gasteiger partial charge on any atom is 0.302 e. The van der Waals surface area contributed by atoms with E-state index in [1.165, 1.54) is 38.8 Å². The van der Waals surface area contributed by atoms with Crippen molar-refractivity contribution in [2.45, 2.75) is 53.4 Å². The van der Waals surface area contributed by atoms with E-state index in [1.807, 2.05) is 0 Å². The first kappa shape index (κ1) is 22.4. The van der Waals surface area contributed by atoms with Gasteiger partial charge in [0.25, 0.3) is 5.97 Å². The monoisotopic (exact) mass is 316 g/mol. The highest BCUT2D eigenvalue weighted by Crippen LogP contribution is 2.03. The van der Waals surface area contributed by atoms with Gasteiger partial charge in [0.05, 0.1) is 6.61 Å². The summed E-state index contributed by atoms with van der Waals surface area (Å²) in [6, 6.07) is 0. The second kappa shape index (κ2) is 15.5. The van der Waals surface area contributed by atoms with Gasteiger partial charge in [0.2, 0.25) is 5.91 Å². The molecule has 0 bridgehead atoms. The highest BCUT2D eigenvalue weighted by Gasteiger charge is 1.96. The van der Waals surface area contributed by atoms with Gasteiger partial charge < -0.3 is 15.2 Å². The van der Waals surface area contributed by atoms with Crippen LogP contribution >= 0.6 is 0 Å². The lowest BCUT2D eigenvalue weighted by Gasteiger charge is -2.04. The molecule has 1 rings (SSSR count). The van der Waals surface area contributed by atoms with Crippen LogP contribution in [0.15, 0.2) is 4.99 Å². The molecule has 1 aliphatic rings. The highest BCUT2D eigenvalue weighted by atomic mass is 16.5. The number of nitrogens with one attached hydrogen (secondary N) is 1. The average molecular weight is 316 g/mol. The molecule has 0 spiro atoms. The molecule has 7 heteroatoms. The van der Waals surface area contributed by atoms with Crippen LogP contribution in [-0.4, -0.2) is 48.4 Å². The van der Waals surface area contributed by atoms with Crippen molar-refractivity contribution in [1.82, 2.24) is 5.32 Å². The van der Waals surface area contributed by atoms with Crippen LogP contribution in [0, 0.1) is 0 Å². The predicted octanol–water partition coefficient (Wildman–Crippen LogP) is 1.80. The number of hydrogen-bond acceptors (Lipinski definition) is 5. The van der Waals surface area contributed by atoms with Crippen LogP contribution in [0.3, 0.4) is 0 Å². The van der Waals surface area contributed by atoms with Crippen molar-refractivity contribution in [2.24, 2.45) is 4.99 Å².